The van der Waals surface area contributed by atoms with Crippen LogP contribution in [0, 0.1) is 17.0 Å². The maximum Gasteiger partial charge on any atom is 0.328 e. The molecule has 1 atom stereocenters. The molecule has 21 heavy (non-hydrogen) atoms. The number of ether oxygens (including phenoxy) is 1. The van der Waals surface area contributed by atoms with Crippen molar-refractivity contribution in [3.63, 3.8) is 0 Å². The van der Waals surface area contributed by atoms with Gasteiger partial charge < -0.3 is 9.64 Å². The molecule has 0 bridgehead atoms. The van der Waals surface area contributed by atoms with E-state index < -0.39 is 11.0 Å². The van der Waals surface area contributed by atoms with E-state index in [4.69, 9.17) is 4.74 Å². The van der Waals surface area contributed by atoms with Gasteiger partial charge in [0.15, 0.2) is 0 Å². The molecule has 1 saturated heterocycles. The van der Waals surface area contributed by atoms with E-state index in [0.29, 0.717) is 25.3 Å². The van der Waals surface area contributed by atoms with Crippen LogP contribution in [-0.4, -0.2) is 30.1 Å². The lowest BCUT2D eigenvalue weighted by atomic mass is 10.00. The minimum atomic E-state index is -0.431. The minimum absolute atomic E-state index is 0.0387. The summed E-state index contributed by atoms with van der Waals surface area (Å²) in [5, 5.41) is 11.2. The number of nitro groups is 1. The SMILES string of the molecule is CCOC(=O)C1CCCCN1c1cc(C)ccc1[N+](=O)[O-]. The van der Waals surface area contributed by atoms with Crippen molar-refractivity contribution < 1.29 is 14.5 Å². The van der Waals surface area contributed by atoms with Crippen molar-refractivity contribution in [2.75, 3.05) is 18.1 Å². The van der Waals surface area contributed by atoms with Crippen LogP contribution < -0.4 is 4.90 Å². The molecule has 0 N–H and O–H groups in total. The molecule has 1 aliphatic rings. The van der Waals surface area contributed by atoms with Crippen LogP contribution >= 0.6 is 0 Å². The van der Waals surface area contributed by atoms with Crippen LogP contribution in [0.15, 0.2) is 18.2 Å². The number of esters is 1. The molecule has 2 rings (SSSR count). The fourth-order valence-corrected chi connectivity index (χ4v) is 2.72. The molecule has 1 aliphatic heterocycles. The highest BCUT2D eigenvalue weighted by Gasteiger charge is 2.33. The number of carbonyl (C=O) groups is 1. The third kappa shape index (κ3) is 3.32. The zero-order valence-electron chi connectivity index (χ0n) is 12.4. The molecule has 0 aromatic heterocycles. The Labute approximate surface area is 123 Å². The Morgan fingerprint density at radius 1 is 1.48 bits per heavy atom. The topological polar surface area (TPSA) is 72.7 Å². The smallest absolute Gasteiger partial charge is 0.328 e. The van der Waals surface area contributed by atoms with Crippen molar-refractivity contribution >= 4 is 17.3 Å². The number of benzene rings is 1. The van der Waals surface area contributed by atoms with Crippen molar-refractivity contribution in [2.45, 2.75) is 39.2 Å². The Hall–Kier alpha value is -2.11. The molecule has 1 aromatic rings. The molecule has 6 nitrogen and oxygen atoms in total. The maximum absolute atomic E-state index is 12.1. The van der Waals surface area contributed by atoms with Crippen LogP contribution in [0.3, 0.4) is 0 Å². The molecule has 0 saturated carbocycles. The van der Waals surface area contributed by atoms with Crippen molar-refractivity contribution in [1.29, 1.82) is 0 Å². The first-order valence-electron chi connectivity index (χ1n) is 7.23. The number of piperidine rings is 1. The molecule has 6 heteroatoms. The van der Waals surface area contributed by atoms with Gasteiger partial charge in [-0.25, -0.2) is 4.79 Å². The number of rotatable bonds is 4. The lowest BCUT2D eigenvalue weighted by Gasteiger charge is -2.35. The van der Waals surface area contributed by atoms with Gasteiger partial charge in [-0.2, -0.15) is 0 Å². The van der Waals surface area contributed by atoms with E-state index in [2.05, 4.69) is 0 Å². The Kier molecular flexibility index (Phi) is 4.77. The molecule has 1 fully saturated rings. The van der Waals surface area contributed by atoms with Crippen LogP contribution in [0.25, 0.3) is 0 Å². The van der Waals surface area contributed by atoms with Crippen LogP contribution in [0.5, 0.6) is 0 Å². The molecular weight excluding hydrogens is 272 g/mol. The van der Waals surface area contributed by atoms with Gasteiger partial charge in [0.25, 0.3) is 5.69 Å². The number of hydrogen-bond donors (Lipinski definition) is 0. The Balaban J connectivity index is 2.39. The number of hydrogen-bond acceptors (Lipinski definition) is 5. The third-order valence-corrected chi connectivity index (χ3v) is 3.70. The fourth-order valence-electron chi connectivity index (χ4n) is 2.72. The summed E-state index contributed by atoms with van der Waals surface area (Å²) in [6.07, 6.45) is 2.52. The van der Waals surface area contributed by atoms with Gasteiger partial charge in [-0.05, 0) is 44.7 Å². The maximum atomic E-state index is 12.1. The molecular formula is C15H20N2O4. The van der Waals surface area contributed by atoms with Crippen molar-refractivity contribution in [3.05, 3.63) is 33.9 Å². The summed E-state index contributed by atoms with van der Waals surface area (Å²) < 4.78 is 5.11. The van der Waals surface area contributed by atoms with Crippen LogP contribution in [0.1, 0.15) is 31.7 Å². The van der Waals surface area contributed by atoms with Crippen LogP contribution in [0.4, 0.5) is 11.4 Å². The highest BCUT2D eigenvalue weighted by Crippen LogP contribution is 2.34. The summed E-state index contributed by atoms with van der Waals surface area (Å²) in [5.41, 5.74) is 1.48. The lowest BCUT2D eigenvalue weighted by molar-refractivity contribution is -0.384. The monoisotopic (exact) mass is 292 g/mol. The first kappa shape index (κ1) is 15.3. The normalized spacial score (nSPS) is 18.4. The quantitative estimate of drug-likeness (QED) is 0.484. The average molecular weight is 292 g/mol. The van der Waals surface area contributed by atoms with E-state index in [9.17, 15) is 14.9 Å². The highest BCUT2D eigenvalue weighted by atomic mass is 16.6. The average Bonchev–Trinajstić information content (AvgIpc) is 2.47. The van der Waals surface area contributed by atoms with Gasteiger partial charge in [-0.1, -0.05) is 6.07 Å². The highest BCUT2D eigenvalue weighted by molar-refractivity contribution is 5.82. The minimum Gasteiger partial charge on any atom is -0.464 e. The van der Waals surface area contributed by atoms with Crippen LogP contribution in [0.2, 0.25) is 0 Å². The van der Waals surface area contributed by atoms with Gasteiger partial charge >= 0.3 is 5.97 Å². The van der Waals surface area contributed by atoms with Gasteiger partial charge in [0.05, 0.1) is 11.5 Å². The fraction of sp³-hybridized carbons (Fsp3) is 0.533. The number of nitro benzene ring substituents is 1. The lowest BCUT2D eigenvalue weighted by Crippen LogP contribution is -2.46. The molecule has 114 valence electrons. The summed E-state index contributed by atoms with van der Waals surface area (Å²) >= 11 is 0. The second-order valence-corrected chi connectivity index (χ2v) is 5.21. The molecule has 0 amide bonds. The predicted octanol–water partition coefficient (Wildman–Crippen LogP) is 2.83. The van der Waals surface area contributed by atoms with Crippen molar-refractivity contribution in [1.82, 2.24) is 0 Å². The molecule has 0 radical (unpaired) electrons. The third-order valence-electron chi connectivity index (χ3n) is 3.70. The van der Waals surface area contributed by atoms with Crippen molar-refractivity contribution in [2.24, 2.45) is 0 Å². The van der Waals surface area contributed by atoms with E-state index in [1.54, 1.807) is 19.1 Å². The van der Waals surface area contributed by atoms with Gasteiger partial charge in [-0.15, -0.1) is 0 Å². The van der Waals surface area contributed by atoms with E-state index in [1.165, 1.54) is 6.07 Å². The summed E-state index contributed by atoms with van der Waals surface area (Å²) in [7, 11) is 0. The van der Waals surface area contributed by atoms with Gasteiger partial charge in [-0.3, -0.25) is 10.1 Å². The summed E-state index contributed by atoms with van der Waals surface area (Å²) in [6, 6.07) is 4.56. The molecule has 1 aromatic carbocycles. The Bertz CT molecular complexity index is 544. The molecule has 0 spiro atoms. The van der Waals surface area contributed by atoms with Gasteiger partial charge in [0.1, 0.15) is 11.7 Å². The van der Waals surface area contributed by atoms with E-state index in [-0.39, 0.29) is 11.7 Å². The predicted molar refractivity (Wildman–Crippen MR) is 79.5 cm³/mol. The summed E-state index contributed by atoms with van der Waals surface area (Å²) in [6.45, 7) is 4.60. The van der Waals surface area contributed by atoms with Crippen molar-refractivity contribution in [3.8, 4) is 0 Å². The van der Waals surface area contributed by atoms with Crippen LogP contribution in [-0.2, 0) is 9.53 Å². The second-order valence-electron chi connectivity index (χ2n) is 5.21. The molecule has 1 unspecified atom stereocenters. The zero-order valence-corrected chi connectivity index (χ0v) is 12.4. The Morgan fingerprint density at radius 3 is 2.90 bits per heavy atom. The van der Waals surface area contributed by atoms with Gasteiger partial charge in [0, 0.05) is 12.6 Å². The van der Waals surface area contributed by atoms with E-state index >= 15 is 0 Å². The van der Waals surface area contributed by atoms with Gasteiger partial charge in [0.2, 0.25) is 0 Å². The van der Waals surface area contributed by atoms with E-state index in [0.717, 1.165) is 18.4 Å². The molecule has 1 heterocycles. The zero-order chi connectivity index (χ0) is 15.4. The molecule has 0 aliphatic carbocycles. The number of carbonyl (C=O) groups excluding carboxylic acids is 1. The standard InChI is InChI=1S/C15H20N2O4/c1-3-21-15(18)13-6-4-5-9-16(13)14-10-11(2)7-8-12(14)17(19)20/h7-8,10,13H,3-6,9H2,1-2H3. The summed E-state index contributed by atoms with van der Waals surface area (Å²) in [5.74, 6) is -0.298. The largest absolute Gasteiger partial charge is 0.464 e. The van der Waals surface area contributed by atoms with E-state index in [1.807, 2.05) is 11.8 Å². The number of anilines is 1. The summed E-state index contributed by atoms with van der Waals surface area (Å²) in [4.78, 5) is 24.8. The number of nitrogens with zero attached hydrogens (tertiary/aromatic N) is 2. The first-order valence-corrected chi connectivity index (χ1v) is 7.23. The first-order chi connectivity index (χ1) is 10.0. The number of aryl methyl sites for hydroxylation is 1. The second kappa shape index (κ2) is 6.56. The Morgan fingerprint density at radius 2 is 2.24 bits per heavy atom.